The van der Waals surface area contributed by atoms with E-state index in [1.54, 1.807) is 24.0 Å². The van der Waals surface area contributed by atoms with Crippen LogP contribution in [0.25, 0.3) is 0 Å². The maximum Gasteiger partial charge on any atom is 0.322 e. The highest BCUT2D eigenvalue weighted by molar-refractivity contribution is 6.31. The Morgan fingerprint density at radius 3 is 2.56 bits per heavy atom. The van der Waals surface area contributed by atoms with Crippen molar-refractivity contribution in [3.8, 4) is 0 Å². The number of halogens is 2. The van der Waals surface area contributed by atoms with Crippen molar-refractivity contribution in [2.45, 2.75) is 46.7 Å². The van der Waals surface area contributed by atoms with Crippen molar-refractivity contribution in [2.24, 2.45) is 5.92 Å². The van der Waals surface area contributed by atoms with Crippen LogP contribution in [0.1, 0.15) is 35.1 Å². The molecule has 0 radical (unpaired) electrons. The maximum atomic E-state index is 13.5. The van der Waals surface area contributed by atoms with Crippen LogP contribution in [-0.2, 0) is 14.3 Å². The molecule has 0 aliphatic carbocycles. The number of imide groups is 1. The van der Waals surface area contributed by atoms with Crippen molar-refractivity contribution in [1.82, 2.24) is 15.5 Å². The normalized spacial score (nSPS) is 23.6. The van der Waals surface area contributed by atoms with Crippen LogP contribution < -0.4 is 15.5 Å². The summed E-state index contributed by atoms with van der Waals surface area (Å²) in [4.78, 5) is 40.8. The number of carbonyl (C=O) groups excluding carboxylic acids is 3. The van der Waals surface area contributed by atoms with Crippen LogP contribution in [-0.4, -0.2) is 67.7 Å². The fraction of sp³-hybridized carbons (Fsp3) is 0.591. The molecule has 2 aliphatic heterocycles. The van der Waals surface area contributed by atoms with Crippen molar-refractivity contribution in [2.75, 3.05) is 38.3 Å². The molecule has 0 unspecified atom stereocenters. The number of hydrogen-bond donors (Lipinski definition) is 2. The summed E-state index contributed by atoms with van der Waals surface area (Å²) < 4.78 is 18.6. The third kappa shape index (κ3) is 5.50. The summed E-state index contributed by atoms with van der Waals surface area (Å²) in [5, 5.41) is 4.89. The molecule has 180 valence electrons. The molecule has 0 bridgehead atoms. The van der Waals surface area contributed by atoms with Gasteiger partial charge in [-0.05, 0) is 31.5 Å². The zero-order valence-corrected chi connectivity index (χ0v) is 18.0. The Hall–Kier alpha value is -2.39. The number of rotatable bonds is 6. The number of amides is 4. The average Bonchev–Trinajstić information content (AvgIpc) is 2.96. The number of ether oxygens (including phenoxy) is 1. The van der Waals surface area contributed by atoms with E-state index >= 15 is 0 Å². The summed E-state index contributed by atoms with van der Waals surface area (Å²) in [5.41, 5.74) is -0.447. The van der Waals surface area contributed by atoms with Crippen LogP contribution in [0.5, 0.6) is 0 Å². The Morgan fingerprint density at radius 1 is 1.34 bits per heavy atom. The summed E-state index contributed by atoms with van der Waals surface area (Å²) in [5.74, 6) is -1.55. The number of hydrogen-bond acceptors (Lipinski definition) is 5. The highest BCUT2D eigenvalue weighted by atomic mass is 35.5. The number of carbonyl (C=O) groups is 3. The van der Waals surface area contributed by atoms with Gasteiger partial charge in [0.25, 0.3) is 5.91 Å². The van der Waals surface area contributed by atoms with Gasteiger partial charge in [-0.15, -0.1) is 0 Å². The summed E-state index contributed by atoms with van der Waals surface area (Å²) in [6.07, 6.45) is 0.138. The minimum absolute atomic E-state index is 0. The Labute approximate surface area is 194 Å². The lowest BCUT2D eigenvalue weighted by atomic mass is 9.87. The molecule has 32 heavy (non-hydrogen) atoms. The van der Waals surface area contributed by atoms with Gasteiger partial charge >= 0.3 is 6.03 Å². The molecule has 2 saturated heterocycles. The number of urea groups is 1. The van der Waals surface area contributed by atoms with E-state index in [2.05, 4.69) is 15.5 Å². The minimum Gasteiger partial charge on any atom is -0.382 e. The highest BCUT2D eigenvalue weighted by Gasteiger charge is 2.48. The fourth-order valence-electron chi connectivity index (χ4n) is 4.21. The molecule has 3 atom stereocenters. The number of nitrogens with one attached hydrogen (secondary N) is 2. The summed E-state index contributed by atoms with van der Waals surface area (Å²) in [6, 6.07) is 4.01. The predicted octanol–water partition coefficient (Wildman–Crippen LogP) is 3.04. The van der Waals surface area contributed by atoms with Crippen molar-refractivity contribution in [1.29, 1.82) is 0 Å². The third-order valence-corrected chi connectivity index (χ3v) is 5.95. The lowest BCUT2D eigenvalue weighted by Gasteiger charge is -2.42. The van der Waals surface area contributed by atoms with E-state index in [0.717, 1.165) is 5.69 Å². The number of anilines is 1. The van der Waals surface area contributed by atoms with E-state index in [4.69, 9.17) is 16.3 Å². The van der Waals surface area contributed by atoms with Gasteiger partial charge < -0.3 is 19.9 Å². The zero-order valence-electron chi connectivity index (χ0n) is 17.2. The minimum atomic E-state index is -1.25. The molecular formula is C22H34ClFN4O4. The first kappa shape index (κ1) is 27.6. The van der Waals surface area contributed by atoms with Gasteiger partial charge in [-0.3, -0.25) is 14.9 Å². The van der Waals surface area contributed by atoms with E-state index in [1.165, 1.54) is 13.2 Å². The molecule has 1 aromatic rings. The molecule has 2 fully saturated rings. The van der Waals surface area contributed by atoms with Crippen LogP contribution in [0.3, 0.4) is 0 Å². The smallest absolute Gasteiger partial charge is 0.322 e. The Balaban J connectivity index is 0.00000256. The first-order chi connectivity index (χ1) is 14.2. The second-order valence-electron chi connectivity index (χ2n) is 7.95. The maximum absolute atomic E-state index is 13.5. The van der Waals surface area contributed by atoms with E-state index < -0.39 is 29.2 Å². The quantitative estimate of drug-likeness (QED) is 0.621. The summed E-state index contributed by atoms with van der Waals surface area (Å²) in [7, 11) is 1.44. The van der Waals surface area contributed by atoms with Crippen LogP contribution in [0, 0.1) is 11.7 Å². The van der Waals surface area contributed by atoms with Gasteiger partial charge in [0.05, 0.1) is 11.6 Å². The van der Waals surface area contributed by atoms with Gasteiger partial charge in [-0.2, -0.15) is 0 Å². The number of benzene rings is 1. The molecule has 2 N–H and O–H groups in total. The second-order valence-corrected chi connectivity index (χ2v) is 8.36. The third-order valence-electron chi connectivity index (χ3n) is 5.66. The Bertz CT molecular complexity index is 855. The molecule has 0 aromatic heterocycles. The first-order valence-electron chi connectivity index (χ1n) is 9.80. The zero-order chi connectivity index (χ0) is 22.1. The van der Waals surface area contributed by atoms with Gasteiger partial charge in [0.15, 0.2) is 0 Å². The lowest BCUT2D eigenvalue weighted by molar-refractivity contribution is -0.137. The van der Waals surface area contributed by atoms with Crippen molar-refractivity contribution in [3.63, 3.8) is 0 Å². The monoisotopic (exact) mass is 472 g/mol. The Morgan fingerprint density at radius 2 is 2.03 bits per heavy atom. The topological polar surface area (TPSA) is 91.0 Å². The van der Waals surface area contributed by atoms with Crippen LogP contribution >= 0.6 is 11.6 Å². The highest BCUT2D eigenvalue weighted by Crippen LogP contribution is 2.28. The first-order valence-corrected chi connectivity index (χ1v) is 10.2. The van der Waals surface area contributed by atoms with Gasteiger partial charge in [-0.25, -0.2) is 9.18 Å². The average molecular weight is 473 g/mol. The van der Waals surface area contributed by atoms with Crippen LogP contribution in [0.15, 0.2) is 18.2 Å². The molecule has 8 nitrogen and oxygen atoms in total. The number of piperazine rings is 1. The van der Waals surface area contributed by atoms with Crippen LogP contribution in [0.4, 0.5) is 14.9 Å². The second kappa shape index (κ2) is 11.0. The van der Waals surface area contributed by atoms with E-state index in [-0.39, 0.29) is 44.9 Å². The molecular weight excluding hydrogens is 439 g/mol. The SMILES string of the molecule is C.C.COC[C@]1(C[C@H](C)C(=O)N2CCN(c3ccc(F)c(Cl)c3)[C@@H](C)C2)NC(=O)NC1=O. The molecule has 3 rings (SSSR count). The molecule has 0 saturated carbocycles. The van der Waals surface area contributed by atoms with E-state index in [0.29, 0.717) is 19.6 Å². The molecule has 2 heterocycles. The fourth-order valence-corrected chi connectivity index (χ4v) is 4.38. The largest absolute Gasteiger partial charge is 0.382 e. The van der Waals surface area contributed by atoms with Crippen LogP contribution in [0.2, 0.25) is 5.02 Å². The molecule has 10 heteroatoms. The molecule has 1 aromatic carbocycles. The van der Waals surface area contributed by atoms with Gasteiger partial charge in [0.2, 0.25) is 5.91 Å². The number of nitrogens with zero attached hydrogens (tertiary/aromatic N) is 2. The molecule has 2 aliphatic rings. The summed E-state index contributed by atoms with van der Waals surface area (Å²) in [6.45, 7) is 5.25. The van der Waals surface area contributed by atoms with E-state index in [9.17, 15) is 18.8 Å². The van der Waals surface area contributed by atoms with Gasteiger partial charge in [-0.1, -0.05) is 33.4 Å². The van der Waals surface area contributed by atoms with Crippen molar-refractivity contribution in [3.05, 3.63) is 29.0 Å². The Kier molecular flexibility index (Phi) is 9.47. The van der Waals surface area contributed by atoms with Gasteiger partial charge in [0.1, 0.15) is 11.4 Å². The summed E-state index contributed by atoms with van der Waals surface area (Å²) >= 11 is 5.90. The van der Waals surface area contributed by atoms with E-state index in [1.807, 2.05) is 6.92 Å². The molecule has 0 spiro atoms. The predicted molar refractivity (Wildman–Crippen MR) is 123 cm³/mol. The van der Waals surface area contributed by atoms with Gasteiger partial charge in [0, 0.05) is 44.4 Å². The number of methoxy groups -OCH3 is 1. The molecule has 4 amide bonds. The standard InChI is InChI=1S/C20H26ClFN4O4.2CH4/c1-12(9-20(11-30-3)18(28)23-19(29)24-20)17(27)25-6-7-26(13(2)10-25)14-4-5-16(22)15(21)8-14;;/h4-5,8,12-13H,6-7,9-11H2,1-3H3,(H2,23,24,28,29);2*1H4/t12-,13-,20-;;/m0../s1. The van der Waals surface area contributed by atoms with Crippen molar-refractivity contribution >= 4 is 35.1 Å². The lowest BCUT2D eigenvalue weighted by Crippen LogP contribution is -2.57. The van der Waals surface area contributed by atoms with Crippen molar-refractivity contribution < 1.29 is 23.5 Å².